The predicted octanol–water partition coefficient (Wildman–Crippen LogP) is 1.76. The second kappa shape index (κ2) is 5.32. The number of methoxy groups -OCH3 is 1. The molecule has 18 heavy (non-hydrogen) atoms. The average molecular weight is 282 g/mol. The highest BCUT2D eigenvalue weighted by molar-refractivity contribution is 8.01. The van der Waals surface area contributed by atoms with Crippen molar-refractivity contribution in [3.05, 3.63) is 22.8 Å². The van der Waals surface area contributed by atoms with Crippen LogP contribution in [-0.2, 0) is 4.74 Å². The van der Waals surface area contributed by atoms with Gasteiger partial charge in [0.2, 0.25) is 0 Å². The van der Waals surface area contributed by atoms with E-state index in [0.717, 1.165) is 9.35 Å². The van der Waals surface area contributed by atoms with Crippen molar-refractivity contribution in [2.45, 2.75) is 16.3 Å². The van der Waals surface area contributed by atoms with Gasteiger partial charge in [-0.1, -0.05) is 11.3 Å². The highest BCUT2D eigenvalue weighted by atomic mass is 32.2. The lowest BCUT2D eigenvalue weighted by molar-refractivity contribution is 0.0601. The van der Waals surface area contributed by atoms with E-state index in [0.29, 0.717) is 16.3 Å². The first kappa shape index (κ1) is 12.8. The van der Waals surface area contributed by atoms with Gasteiger partial charge in [-0.3, -0.25) is 0 Å². The largest absolute Gasteiger partial charge is 0.465 e. The Bertz CT molecular complexity index is 585. The second-order valence-corrected chi connectivity index (χ2v) is 5.74. The van der Waals surface area contributed by atoms with Gasteiger partial charge in [-0.25, -0.2) is 9.78 Å². The van der Waals surface area contributed by atoms with Crippen LogP contribution in [0.3, 0.4) is 0 Å². The molecule has 0 amide bonds. The van der Waals surface area contributed by atoms with Crippen LogP contribution in [-0.4, -0.2) is 28.3 Å². The number of ether oxygens (including phenoxy) is 1. The summed E-state index contributed by atoms with van der Waals surface area (Å²) in [5.74, 6) is -0.481. The Hall–Kier alpha value is -1.67. The summed E-state index contributed by atoms with van der Waals surface area (Å²) in [6.07, 6.45) is 1.43. The maximum absolute atomic E-state index is 11.5. The summed E-state index contributed by atoms with van der Waals surface area (Å²) in [4.78, 5) is 15.6. The summed E-state index contributed by atoms with van der Waals surface area (Å²) in [5.41, 5.74) is 6.26. The van der Waals surface area contributed by atoms with Crippen LogP contribution in [0.1, 0.15) is 15.4 Å². The van der Waals surface area contributed by atoms with E-state index < -0.39 is 5.97 Å². The highest BCUT2D eigenvalue weighted by Crippen LogP contribution is 2.30. The van der Waals surface area contributed by atoms with E-state index in [1.54, 1.807) is 6.07 Å². The Labute approximate surface area is 112 Å². The molecule has 6 nitrogen and oxygen atoms in total. The zero-order valence-electron chi connectivity index (χ0n) is 9.71. The number of carbonyl (C=O) groups is 1. The van der Waals surface area contributed by atoms with Crippen molar-refractivity contribution >= 4 is 34.8 Å². The second-order valence-electron chi connectivity index (χ2n) is 3.29. The fourth-order valence-corrected chi connectivity index (χ4v) is 2.94. The van der Waals surface area contributed by atoms with Gasteiger partial charge in [0.15, 0.2) is 4.34 Å². The van der Waals surface area contributed by atoms with Crippen molar-refractivity contribution in [3.8, 4) is 0 Å². The van der Waals surface area contributed by atoms with Gasteiger partial charge in [0.25, 0.3) is 0 Å². The van der Waals surface area contributed by atoms with Crippen LogP contribution in [0.15, 0.2) is 21.6 Å². The minimum atomic E-state index is -0.481. The minimum Gasteiger partial charge on any atom is -0.465 e. The van der Waals surface area contributed by atoms with Gasteiger partial charge in [0, 0.05) is 0 Å². The average Bonchev–Trinajstić information content (AvgIpc) is 2.76. The lowest BCUT2D eigenvalue weighted by atomic mass is 10.2. The van der Waals surface area contributed by atoms with Crippen LogP contribution in [0.25, 0.3) is 0 Å². The highest BCUT2D eigenvalue weighted by Gasteiger charge is 2.13. The molecule has 2 aromatic rings. The van der Waals surface area contributed by atoms with Gasteiger partial charge in [-0.15, -0.1) is 10.2 Å². The van der Waals surface area contributed by atoms with Crippen molar-refractivity contribution in [2.24, 2.45) is 0 Å². The Kier molecular flexibility index (Phi) is 3.78. The predicted molar refractivity (Wildman–Crippen MR) is 68.8 cm³/mol. The Morgan fingerprint density at radius 3 is 2.89 bits per heavy atom. The molecule has 0 fully saturated rings. The third-order valence-electron chi connectivity index (χ3n) is 2.01. The topological polar surface area (TPSA) is 91.0 Å². The summed E-state index contributed by atoms with van der Waals surface area (Å²) in [6, 6.07) is 1.59. The quantitative estimate of drug-likeness (QED) is 0.857. The molecule has 94 valence electrons. The van der Waals surface area contributed by atoms with Gasteiger partial charge in [-0.2, -0.15) is 0 Å². The standard InChI is InChI=1S/C10H10N4O2S2/c1-5-13-14-10(17-5)18-8-3-6(9(15)16-2)7(11)4-12-8/h3-4H,11H2,1-2H3. The first-order chi connectivity index (χ1) is 8.60. The SMILES string of the molecule is COC(=O)c1cc(Sc2nnc(C)s2)ncc1N. The van der Waals surface area contributed by atoms with Gasteiger partial charge in [0.1, 0.15) is 10.0 Å². The molecule has 0 saturated carbocycles. The number of aryl methyl sites for hydroxylation is 1. The smallest absolute Gasteiger partial charge is 0.340 e. The summed E-state index contributed by atoms with van der Waals surface area (Å²) >= 11 is 2.79. The fraction of sp³-hybridized carbons (Fsp3) is 0.200. The van der Waals surface area contributed by atoms with Crippen molar-refractivity contribution in [1.29, 1.82) is 0 Å². The van der Waals surface area contributed by atoms with E-state index in [2.05, 4.69) is 19.9 Å². The van der Waals surface area contributed by atoms with Gasteiger partial charge < -0.3 is 10.5 Å². The summed E-state index contributed by atoms with van der Waals surface area (Å²) in [7, 11) is 1.31. The van der Waals surface area contributed by atoms with Crippen LogP contribution in [0.5, 0.6) is 0 Å². The van der Waals surface area contributed by atoms with Crippen molar-refractivity contribution in [2.75, 3.05) is 12.8 Å². The lowest BCUT2D eigenvalue weighted by Crippen LogP contribution is -2.06. The molecular weight excluding hydrogens is 272 g/mol. The third kappa shape index (κ3) is 2.77. The van der Waals surface area contributed by atoms with Gasteiger partial charge >= 0.3 is 5.97 Å². The molecule has 2 N–H and O–H groups in total. The van der Waals surface area contributed by atoms with Gasteiger partial charge in [-0.05, 0) is 24.8 Å². The Balaban J connectivity index is 2.27. The first-order valence-electron chi connectivity index (χ1n) is 4.92. The molecule has 0 spiro atoms. The number of pyridine rings is 1. The molecule has 0 radical (unpaired) electrons. The number of nitrogens with two attached hydrogens (primary N) is 1. The summed E-state index contributed by atoms with van der Waals surface area (Å²) < 4.78 is 5.41. The monoisotopic (exact) mass is 282 g/mol. The minimum absolute atomic E-state index is 0.291. The molecule has 0 saturated heterocycles. The zero-order valence-corrected chi connectivity index (χ0v) is 11.3. The number of rotatable bonds is 3. The molecule has 0 aliphatic carbocycles. The number of hydrogen-bond acceptors (Lipinski definition) is 8. The van der Waals surface area contributed by atoms with E-state index in [9.17, 15) is 4.79 Å². The molecule has 0 aliphatic rings. The molecule has 8 heteroatoms. The molecule has 2 rings (SSSR count). The van der Waals surface area contributed by atoms with E-state index in [4.69, 9.17) is 5.73 Å². The number of esters is 1. The maximum atomic E-state index is 11.5. The maximum Gasteiger partial charge on any atom is 0.340 e. The normalized spacial score (nSPS) is 10.3. The Morgan fingerprint density at radius 2 is 2.28 bits per heavy atom. The van der Waals surface area contributed by atoms with Crippen LogP contribution in [0.4, 0.5) is 5.69 Å². The van der Waals surface area contributed by atoms with Crippen molar-refractivity contribution < 1.29 is 9.53 Å². The van der Waals surface area contributed by atoms with E-state index in [1.807, 2.05) is 6.92 Å². The molecule has 0 aromatic carbocycles. The lowest BCUT2D eigenvalue weighted by Gasteiger charge is -2.04. The Morgan fingerprint density at radius 1 is 1.50 bits per heavy atom. The van der Waals surface area contributed by atoms with Gasteiger partial charge in [0.05, 0.1) is 24.6 Å². The molecule has 2 aromatic heterocycles. The zero-order chi connectivity index (χ0) is 13.1. The molecule has 2 heterocycles. The van der Waals surface area contributed by atoms with Crippen LogP contribution >= 0.6 is 23.1 Å². The van der Waals surface area contributed by atoms with Crippen LogP contribution in [0.2, 0.25) is 0 Å². The number of carbonyl (C=O) groups excluding carboxylic acids is 1. The number of nitrogens with zero attached hydrogens (tertiary/aromatic N) is 3. The first-order valence-corrected chi connectivity index (χ1v) is 6.55. The van der Waals surface area contributed by atoms with Crippen molar-refractivity contribution in [1.82, 2.24) is 15.2 Å². The third-order valence-corrected chi connectivity index (χ3v) is 3.84. The molecule has 0 atom stereocenters. The molecule has 0 bridgehead atoms. The number of nitrogen functional groups attached to an aromatic ring is 1. The van der Waals surface area contributed by atoms with E-state index in [1.165, 1.54) is 36.4 Å². The molecule has 0 unspecified atom stereocenters. The molecular formula is C10H10N4O2S2. The number of anilines is 1. The van der Waals surface area contributed by atoms with Crippen LogP contribution < -0.4 is 5.73 Å². The fourth-order valence-electron chi connectivity index (χ4n) is 1.20. The molecule has 0 aliphatic heterocycles. The van der Waals surface area contributed by atoms with Crippen molar-refractivity contribution in [3.63, 3.8) is 0 Å². The van der Waals surface area contributed by atoms with E-state index >= 15 is 0 Å². The summed E-state index contributed by atoms with van der Waals surface area (Å²) in [5, 5.41) is 9.38. The van der Waals surface area contributed by atoms with E-state index in [-0.39, 0.29) is 0 Å². The summed E-state index contributed by atoms with van der Waals surface area (Å²) in [6.45, 7) is 1.87. The van der Waals surface area contributed by atoms with Crippen LogP contribution in [0, 0.1) is 6.92 Å². The number of hydrogen-bond donors (Lipinski definition) is 1. The number of aromatic nitrogens is 3.